The zero-order chi connectivity index (χ0) is 17.2. The summed E-state index contributed by atoms with van der Waals surface area (Å²) >= 11 is 0. The molecule has 130 valence electrons. The van der Waals surface area contributed by atoms with Crippen LogP contribution in [0.3, 0.4) is 0 Å². The maximum Gasteiger partial charge on any atom is 0.311 e. The summed E-state index contributed by atoms with van der Waals surface area (Å²) < 4.78 is 36.6. The van der Waals surface area contributed by atoms with Gasteiger partial charge in [-0.1, -0.05) is 20.8 Å². The Hall–Kier alpha value is -0.620. The molecule has 22 heavy (non-hydrogen) atoms. The van der Waals surface area contributed by atoms with Crippen LogP contribution in [0.25, 0.3) is 0 Å². The van der Waals surface area contributed by atoms with Gasteiger partial charge in [-0.3, -0.25) is 9.35 Å². The molecule has 1 aliphatic rings. The van der Waals surface area contributed by atoms with E-state index in [4.69, 9.17) is 4.74 Å². The first-order valence-electron chi connectivity index (χ1n) is 8.01. The summed E-state index contributed by atoms with van der Waals surface area (Å²) in [6, 6.07) is 0. The van der Waals surface area contributed by atoms with E-state index in [-0.39, 0.29) is 11.4 Å². The van der Waals surface area contributed by atoms with Crippen molar-refractivity contribution in [3.05, 3.63) is 0 Å². The van der Waals surface area contributed by atoms with Gasteiger partial charge in [0.15, 0.2) is 0 Å². The highest BCUT2D eigenvalue weighted by Crippen LogP contribution is 2.47. The van der Waals surface area contributed by atoms with Gasteiger partial charge in [0, 0.05) is 0 Å². The number of rotatable bonds is 6. The van der Waals surface area contributed by atoms with E-state index in [0.29, 0.717) is 31.6 Å². The Morgan fingerprint density at radius 2 is 1.68 bits per heavy atom. The van der Waals surface area contributed by atoms with Gasteiger partial charge in [-0.2, -0.15) is 8.42 Å². The molecular formula is C16H30O5S. The summed E-state index contributed by atoms with van der Waals surface area (Å²) in [5.74, 6) is 0.163. The van der Waals surface area contributed by atoms with Crippen molar-refractivity contribution in [1.29, 1.82) is 0 Å². The molecule has 1 saturated carbocycles. The number of ether oxygens (including phenoxy) is 1. The number of hydrogen-bond acceptors (Lipinski definition) is 4. The van der Waals surface area contributed by atoms with Gasteiger partial charge >= 0.3 is 5.97 Å². The molecule has 1 N–H and O–H groups in total. The fourth-order valence-corrected chi connectivity index (χ4v) is 4.75. The molecule has 0 radical (unpaired) electrons. The average molecular weight is 334 g/mol. The third kappa shape index (κ3) is 4.44. The van der Waals surface area contributed by atoms with Crippen LogP contribution in [0.2, 0.25) is 0 Å². The minimum absolute atomic E-state index is 0.0802. The van der Waals surface area contributed by atoms with Crippen molar-refractivity contribution in [1.82, 2.24) is 0 Å². The van der Waals surface area contributed by atoms with Gasteiger partial charge in [0.2, 0.25) is 0 Å². The normalized spacial score (nSPS) is 26.3. The van der Waals surface area contributed by atoms with E-state index in [0.717, 1.165) is 12.8 Å². The molecule has 5 nitrogen and oxygen atoms in total. The van der Waals surface area contributed by atoms with Gasteiger partial charge in [-0.25, -0.2) is 0 Å². The molecule has 1 rings (SSSR count). The average Bonchev–Trinajstić information content (AvgIpc) is 2.45. The van der Waals surface area contributed by atoms with Crippen LogP contribution >= 0.6 is 0 Å². The zero-order valence-corrected chi connectivity index (χ0v) is 15.2. The molecule has 0 aromatic rings. The van der Waals surface area contributed by atoms with Crippen LogP contribution < -0.4 is 0 Å². The molecule has 1 unspecified atom stereocenters. The lowest BCUT2D eigenvalue weighted by molar-refractivity contribution is -0.154. The largest absolute Gasteiger partial charge is 0.469 e. The molecule has 0 aliphatic heterocycles. The Labute approximate surface area is 134 Å². The summed E-state index contributed by atoms with van der Waals surface area (Å²) in [5.41, 5.74) is -0.596. The van der Waals surface area contributed by atoms with Gasteiger partial charge in [0.05, 0.1) is 17.8 Å². The van der Waals surface area contributed by atoms with Crippen LogP contribution in [0.5, 0.6) is 0 Å². The Balaban J connectivity index is 2.77. The molecule has 0 amide bonds. The Morgan fingerprint density at radius 1 is 1.18 bits per heavy atom. The minimum atomic E-state index is -3.93. The fraction of sp³-hybridized carbons (Fsp3) is 0.938. The number of esters is 1. The summed E-state index contributed by atoms with van der Waals surface area (Å²) in [7, 11) is -2.51. The molecule has 1 aliphatic carbocycles. The second kappa shape index (κ2) is 6.87. The second-order valence-electron chi connectivity index (χ2n) is 7.56. The molecule has 0 heterocycles. The van der Waals surface area contributed by atoms with Gasteiger partial charge in [0.1, 0.15) is 0 Å². The van der Waals surface area contributed by atoms with Crippen molar-refractivity contribution in [3.63, 3.8) is 0 Å². The van der Waals surface area contributed by atoms with Crippen molar-refractivity contribution in [3.8, 4) is 0 Å². The third-order valence-corrected chi connectivity index (χ3v) is 6.82. The predicted molar refractivity (Wildman–Crippen MR) is 86.1 cm³/mol. The lowest BCUT2D eigenvalue weighted by Crippen LogP contribution is -2.39. The highest BCUT2D eigenvalue weighted by molar-refractivity contribution is 7.86. The van der Waals surface area contributed by atoms with E-state index in [9.17, 15) is 17.8 Å². The van der Waals surface area contributed by atoms with Gasteiger partial charge in [-0.05, 0) is 56.8 Å². The van der Waals surface area contributed by atoms with Crippen molar-refractivity contribution >= 4 is 16.1 Å². The summed E-state index contributed by atoms with van der Waals surface area (Å²) in [4.78, 5) is 12.1. The van der Waals surface area contributed by atoms with E-state index >= 15 is 0 Å². The molecule has 1 fully saturated rings. The zero-order valence-electron chi connectivity index (χ0n) is 14.4. The van der Waals surface area contributed by atoms with E-state index in [1.807, 2.05) is 13.8 Å². The smallest absolute Gasteiger partial charge is 0.311 e. The molecule has 1 atom stereocenters. The highest BCUT2D eigenvalue weighted by atomic mass is 32.2. The maximum absolute atomic E-state index is 12.1. The fourth-order valence-electron chi connectivity index (χ4n) is 3.88. The first-order valence-corrected chi connectivity index (χ1v) is 9.51. The van der Waals surface area contributed by atoms with Crippen molar-refractivity contribution in [2.24, 2.45) is 16.7 Å². The Morgan fingerprint density at radius 3 is 2.05 bits per heavy atom. The van der Waals surface area contributed by atoms with Crippen molar-refractivity contribution in [2.75, 3.05) is 7.11 Å². The van der Waals surface area contributed by atoms with E-state index in [2.05, 4.69) is 13.8 Å². The first kappa shape index (κ1) is 19.4. The van der Waals surface area contributed by atoms with Crippen LogP contribution in [-0.2, 0) is 19.6 Å². The SMILES string of the molecule is CCC(C)(CC(C)(C)C1CCC(S(=O)(=O)O)CC1)C(=O)OC. The molecule has 0 saturated heterocycles. The molecular weight excluding hydrogens is 304 g/mol. The predicted octanol–water partition coefficient (Wildman–Crippen LogP) is 3.44. The van der Waals surface area contributed by atoms with Gasteiger partial charge in [-0.15, -0.1) is 0 Å². The quantitative estimate of drug-likeness (QED) is 0.594. The standard InChI is InChI=1S/C16H30O5S/c1-6-16(4,14(17)21-5)11-15(2,3)12-7-9-13(10-8-12)22(18,19)20/h12-13H,6-11H2,1-5H3,(H,18,19,20). The Bertz CT molecular complexity index is 489. The van der Waals surface area contributed by atoms with E-state index < -0.39 is 20.8 Å². The number of hydrogen-bond donors (Lipinski definition) is 1. The van der Waals surface area contributed by atoms with E-state index in [1.165, 1.54) is 7.11 Å². The second-order valence-corrected chi connectivity index (χ2v) is 9.26. The molecule has 0 bridgehead atoms. The topological polar surface area (TPSA) is 80.7 Å². The van der Waals surface area contributed by atoms with Crippen LogP contribution in [0.15, 0.2) is 0 Å². The monoisotopic (exact) mass is 334 g/mol. The van der Waals surface area contributed by atoms with Crippen LogP contribution in [0.4, 0.5) is 0 Å². The molecule has 0 aromatic carbocycles. The third-order valence-electron chi connectivity index (χ3n) is 5.50. The van der Waals surface area contributed by atoms with Crippen LogP contribution in [0, 0.1) is 16.7 Å². The van der Waals surface area contributed by atoms with Crippen molar-refractivity contribution < 1.29 is 22.5 Å². The summed E-state index contributed by atoms with van der Waals surface area (Å²) in [5, 5.41) is -0.627. The molecule has 0 aromatic heterocycles. The Kier molecular flexibility index (Phi) is 6.07. The molecule has 6 heteroatoms. The van der Waals surface area contributed by atoms with Gasteiger partial charge < -0.3 is 4.74 Å². The summed E-state index contributed by atoms with van der Waals surface area (Å²) in [6.45, 7) is 8.21. The maximum atomic E-state index is 12.1. The number of methoxy groups -OCH3 is 1. The summed E-state index contributed by atoms with van der Waals surface area (Å²) in [6.07, 6.45) is 3.94. The number of carbonyl (C=O) groups is 1. The van der Waals surface area contributed by atoms with E-state index in [1.54, 1.807) is 0 Å². The lowest BCUT2D eigenvalue weighted by Gasteiger charge is -2.43. The van der Waals surface area contributed by atoms with Crippen LogP contribution in [-0.4, -0.2) is 31.3 Å². The lowest BCUT2D eigenvalue weighted by atomic mass is 9.63. The van der Waals surface area contributed by atoms with Crippen LogP contribution in [0.1, 0.15) is 66.2 Å². The number of carbonyl (C=O) groups excluding carboxylic acids is 1. The minimum Gasteiger partial charge on any atom is -0.469 e. The first-order chi connectivity index (χ1) is 9.96. The van der Waals surface area contributed by atoms with Crippen molar-refractivity contribution in [2.45, 2.75) is 71.5 Å². The highest BCUT2D eigenvalue weighted by Gasteiger charge is 2.43. The van der Waals surface area contributed by atoms with Gasteiger partial charge in [0.25, 0.3) is 10.1 Å². The molecule has 0 spiro atoms.